The molecule has 2 rings (SSSR count). The van der Waals surface area contributed by atoms with Crippen molar-refractivity contribution in [2.24, 2.45) is 0 Å². The number of amides is 1. The standard InChI is InChI=1S/C20H26N2O2/c1-15(2)17-10-7-16(8-11-17)9-12-20(23)21-14-18(22(3)4)19-6-5-13-24-19/h5-13,15,18H,14H2,1-4H3,(H,21,23). The van der Waals surface area contributed by atoms with Gasteiger partial charge in [0.2, 0.25) is 5.91 Å². The average Bonchev–Trinajstić information content (AvgIpc) is 3.07. The fourth-order valence-electron chi connectivity index (χ4n) is 2.44. The highest BCUT2D eigenvalue weighted by Gasteiger charge is 2.17. The number of hydrogen-bond donors (Lipinski definition) is 1. The van der Waals surface area contributed by atoms with Crippen LogP contribution in [0.1, 0.15) is 42.7 Å². The number of carbonyl (C=O) groups excluding carboxylic acids is 1. The van der Waals surface area contributed by atoms with Crippen LogP contribution in [0.2, 0.25) is 0 Å². The summed E-state index contributed by atoms with van der Waals surface area (Å²) in [6.07, 6.45) is 5.05. The Morgan fingerprint density at radius 2 is 1.92 bits per heavy atom. The maximum Gasteiger partial charge on any atom is 0.244 e. The van der Waals surface area contributed by atoms with E-state index in [1.54, 1.807) is 12.3 Å². The van der Waals surface area contributed by atoms with Gasteiger partial charge in [0.15, 0.2) is 0 Å². The van der Waals surface area contributed by atoms with Crippen LogP contribution in [0.5, 0.6) is 0 Å². The maximum atomic E-state index is 12.0. The van der Waals surface area contributed by atoms with Crippen molar-refractivity contribution in [2.45, 2.75) is 25.8 Å². The summed E-state index contributed by atoms with van der Waals surface area (Å²) in [5, 5.41) is 2.92. The molecule has 0 aliphatic heterocycles. The second-order valence-electron chi connectivity index (χ2n) is 6.39. The Hall–Kier alpha value is -2.33. The Bertz CT molecular complexity index is 655. The van der Waals surface area contributed by atoms with Crippen LogP contribution in [0.4, 0.5) is 0 Å². The molecule has 2 aromatic rings. The summed E-state index contributed by atoms with van der Waals surface area (Å²) in [5.41, 5.74) is 2.31. The molecule has 128 valence electrons. The number of nitrogens with one attached hydrogen (secondary N) is 1. The molecule has 1 heterocycles. The molecule has 1 amide bonds. The Balaban J connectivity index is 1.90. The Morgan fingerprint density at radius 1 is 1.21 bits per heavy atom. The maximum absolute atomic E-state index is 12.0. The van der Waals surface area contributed by atoms with Gasteiger partial charge in [0, 0.05) is 12.6 Å². The van der Waals surface area contributed by atoms with Crippen LogP contribution in [-0.4, -0.2) is 31.4 Å². The molecule has 0 fully saturated rings. The van der Waals surface area contributed by atoms with E-state index in [4.69, 9.17) is 4.42 Å². The lowest BCUT2D eigenvalue weighted by molar-refractivity contribution is -0.116. The molecule has 0 aliphatic carbocycles. The zero-order valence-electron chi connectivity index (χ0n) is 14.8. The SMILES string of the molecule is CC(C)c1ccc(C=CC(=O)NCC(c2ccco2)N(C)C)cc1. The summed E-state index contributed by atoms with van der Waals surface area (Å²) in [6.45, 7) is 4.83. The Kier molecular flexibility index (Phi) is 6.38. The third-order valence-electron chi connectivity index (χ3n) is 3.99. The third-order valence-corrected chi connectivity index (χ3v) is 3.99. The van der Waals surface area contributed by atoms with Crippen molar-refractivity contribution in [2.75, 3.05) is 20.6 Å². The van der Waals surface area contributed by atoms with E-state index in [1.807, 2.05) is 49.3 Å². The number of likely N-dealkylation sites (N-methyl/N-ethyl adjacent to an activating group) is 1. The van der Waals surface area contributed by atoms with Gasteiger partial charge in [-0.15, -0.1) is 0 Å². The summed E-state index contributed by atoms with van der Waals surface area (Å²) in [4.78, 5) is 14.1. The summed E-state index contributed by atoms with van der Waals surface area (Å²) in [6, 6.07) is 12.1. The molecule has 0 bridgehead atoms. The molecule has 0 saturated heterocycles. The summed E-state index contributed by atoms with van der Waals surface area (Å²) in [5.74, 6) is 1.24. The summed E-state index contributed by atoms with van der Waals surface area (Å²) in [7, 11) is 3.93. The molecular weight excluding hydrogens is 300 g/mol. The zero-order chi connectivity index (χ0) is 17.5. The first-order chi connectivity index (χ1) is 11.5. The number of carbonyl (C=O) groups is 1. The third kappa shape index (κ3) is 5.10. The molecule has 1 N–H and O–H groups in total. The van der Waals surface area contributed by atoms with E-state index in [-0.39, 0.29) is 11.9 Å². The van der Waals surface area contributed by atoms with E-state index in [9.17, 15) is 4.79 Å². The molecule has 24 heavy (non-hydrogen) atoms. The van der Waals surface area contributed by atoms with Crippen molar-refractivity contribution in [1.29, 1.82) is 0 Å². The molecule has 1 aromatic carbocycles. The van der Waals surface area contributed by atoms with Gasteiger partial charge in [-0.1, -0.05) is 38.1 Å². The average molecular weight is 326 g/mol. The minimum absolute atomic E-state index is 0.0164. The minimum Gasteiger partial charge on any atom is -0.468 e. The fraction of sp³-hybridized carbons (Fsp3) is 0.350. The lowest BCUT2D eigenvalue weighted by atomic mass is 10.0. The van der Waals surface area contributed by atoms with Gasteiger partial charge in [0.25, 0.3) is 0 Å². The molecule has 0 saturated carbocycles. The van der Waals surface area contributed by atoms with Gasteiger partial charge >= 0.3 is 0 Å². The van der Waals surface area contributed by atoms with Crippen molar-refractivity contribution in [1.82, 2.24) is 10.2 Å². The summed E-state index contributed by atoms with van der Waals surface area (Å²) >= 11 is 0. The van der Waals surface area contributed by atoms with E-state index in [0.717, 1.165) is 11.3 Å². The van der Waals surface area contributed by atoms with E-state index < -0.39 is 0 Å². The van der Waals surface area contributed by atoms with Crippen molar-refractivity contribution < 1.29 is 9.21 Å². The van der Waals surface area contributed by atoms with E-state index in [2.05, 4.69) is 31.3 Å². The first-order valence-corrected chi connectivity index (χ1v) is 8.23. The normalized spacial score (nSPS) is 12.9. The monoisotopic (exact) mass is 326 g/mol. The van der Waals surface area contributed by atoms with Crippen LogP contribution in [-0.2, 0) is 4.79 Å². The van der Waals surface area contributed by atoms with E-state index >= 15 is 0 Å². The van der Waals surface area contributed by atoms with Crippen molar-refractivity contribution in [3.8, 4) is 0 Å². The molecule has 0 aliphatic rings. The van der Waals surface area contributed by atoms with Gasteiger partial charge in [-0.05, 0) is 49.3 Å². The van der Waals surface area contributed by atoms with Crippen molar-refractivity contribution in [3.05, 3.63) is 65.6 Å². The van der Waals surface area contributed by atoms with Gasteiger partial charge in [-0.3, -0.25) is 9.69 Å². The van der Waals surface area contributed by atoms with Crippen LogP contribution in [0, 0.1) is 0 Å². The van der Waals surface area contributed by atoms with Gasteiger partial charge in [-0.25, -0.2) is 0 Å². The lowest BCUT2D eigenvalue weighted by Crippen LogP contribution is -2.33. The van der Waals surface area contributed by atoms with Crippen LogP contribution in [0.3, 0.4) is 0 Å². The topological polar surface area (TPSA) is 45.5 Å². The van der Waals surface area contributed by atoms with Crippen LogP contribution in [0.15, 0.2) is 53.2 Å². The van der Waals surface area contributed by atoms with Crippen LogP contribution < -0.4 is 5.32 Å². The van der Waals surface area contributed by atoms with Gasteiger partial charge in [0.1, 0.15) is 5.76 Å². The van der Waals surface area contributed by atoms with Crippen LogP contribution >= 0.6 is 0 Å². The first-order valence-electron chi connectivity index (χ1n) is 8.23. The number of rotatable bonds is 7. The highest BCUT2D eigenvalue weighted by atomic mass is 16.3. The van der Waals surface area contributed by atoms with Crippen molar-refractivity contribution >= 4 is 12.0 Å². The second kappa shape index (κ2) is 8.50. The second-order valence-corrected chi connectivity index (χ2v) is 6.39. The van der Waals surface area contributed by atoms with Crippen LogP contribution in [0.25, 0.3) is 6.08 Å². The molecule has 4 heteroatoms. The summed E-state index contributed by atoms with van der Waals surface area (Å²) < 4.78 is 5.44. The highest BCUT2D eigenvalue weighted by Crippen LogP contribution is 2.17. The smallest absolute Gasteiger partial charge is 0.244 e. The molecule has 0 radical (unpaired) electrons. The lowest BCUT2D eigenvalue weighted by Gasteiger charge is -2.22. The quantitative estimate of drug-likeness (QED) is 0.786. The zero-order valence-corrected chi connectivity index (χ0v) is 14.8. The number of hydrogen-bond acceptors (Lipinski definition) is 3. The predicted molar refractivity (Wildman–Crippen MR) is 97.7 cm³/mol. The fourth-order valence-corrected chi connectivity index (χ4v) is 2.44. The molecule has 0 spiro atoms. The molecular formula is C20H26N2O2. The number of nitrogens with zero attached hydrogens (tertiary/aromatic N) is 1. The highest BCUT2D eigenvalue weighted by molar-refractivity contribution is 5.91. The van der Waals surface area contributed by atoms with Gasteiger partial charge in [0.05, 0.1) is 12.3 Å². The molecule has 1 atom stereocenters. The predicted octanol–water partition coefficient (Wildman–Crippen LogP) is 3.84. The molecule has 1 unspecified atom stereocenters. The minimum atomic E-state index is -0.110. The largest absolute Gasteiger partial charge is 0.468 e. The Labute approximate surface area is 144 Å². The van der Waals surface area contributed by atoms with E-state index in [1.165, 1.54) is 5.56 Å². The van der Waals surface area contributed by atoms with Gasteiger partial charge in [-0.2, -0.15) is 0 Å². The number of furan rings is 1. The molecule has 1 aromatic heterocycles. The first kappa shape index (κ1) is 18.0. The molecule has 4 nitrogen and oxygen atoms in total. The Morgan fingerprint density at radius 3 is 2.46 bits per heavy atom. The van der Waals surface area contributed by atoms with Gasteiger partial charge < -0.3 is 9.73 Å². The number of benzene rings is 1. The van der Waals surface area contributed by atoms with E-state index in [0.29, 0.717) is 12.5 Å². The van der Waals surface area contributed by atoms with Crippen molar-refractivity contribution in [3.63, 3.8) is 0 Å².